The summed E-state index contributed by atoms with van der Waals surface area (Å²) in [6.07, 6.45) is 2.04. The number of carbonyl (C=O) groups is 1. The van der Waals surface area contributed by atoms with Gasteiger partial charge < -0.3 is 0 Å². The van der Waals surface area contributed by atoms with E-state index in [0.717, 1.165) is 16.7 Å². The van der Waals surface area contributed by atoms with Gasteiger partial charge in [-0.15, -0.1) is 4.91 Å². The van der Waals surface area contributed by atoms with Crippen LogP contribution in [0.3, 0.4) is 0 Å². The third-order valence-electron chi connectivity index (χ3n) is 2.77. The standard InChI is InChI=1S/C15H19NO2/c1-10(2)7-13(17)9-12(4)14-6-5-11(3)8-15(14)16-18/h5-8,12H,9H2,1-4H3. The first-order valence-electron chi connectivity index (χ1n) is 6.05. The highest BCUT2D eigenvalue weighted by atomic mass is 16.3. The summed E-state index contributed by atoms with van der Waals surface area (Å²) in [4.78, 5) is 22.5. The highest BCUT2D eigenvalue weighted by molar-refractivity contribution is 5.90. The molecule has 1 aromatic rings. The van der Waals surface area contributed by atoms with Crippen molar-refractivity contribution in [2.75, 3.05) is 0 Å². The SMILES string of the molecule is CC(C)=CC(=O)CC(C)c1ccc(C)cc1N=O. The average Bonchev–Trinajstić information content (AvgIpc) is 2.27. The fraction of sp³-hybridized carbons (Fsp3) is 0.400. The molecule has 1 atom stereocenters. The molecule has 0 aliphatic rings. The van der Waals surface area contributed by atoms with E-state index < -0.39 is 0 Å². The maximum Gasteiger partial charge on any atom is 0.156 e. The van der Waals surface area contributed by atoms with Gasteiger partial charge in [-0.3, -0.25) is 4.79 Å². The van der Waals surface area contributed by atoms with Gasteiger partial charge in [-0.2, -0.15) is 0 Å². The van der Waals surface area contributed by atoms with Gasteiger partial charge in [-0.05, 0) is 55.1 Å². The molecule has 0 N–H and O–H groups in total. The van der Waals surface area contributed by atoms with Crippen LogP contribution in [0.4, 0.5) is 5.69 Å². The largest absolute Gasteiger partial charge is 0.295 e. The minimum Gasteiger partial charge on any atom is -0.295 e. The highest BCUT2D eigenvalue weighted by Crippen LogP contribution is 2.30. The van der Waals surface area contributed by atoms with E-state index in [1.54, 1.807) is 12.1 Å². The van der Waals surface area contributed by atoms with Gasteiger partial charge in [-0.1, -0.05) is 24.6 Å². The molecule has 0 spiro atoms. The number of hydrogen-bond donors (Lipinski definition) is 0. The first-order chi connectivity index (χ1) is 8.43. The van der Waals surface area contributed by atoms with Crippen LogP contribution in [0.1, 0.15) is 44.2 Å². The van der Waals surface area contributed by atoms with Gasteiger partial charge in [0, 0.05) is 6.42 Å². The summed E-state index contributed by atoms with van der Waals surface area (Å²) < 4.78 is 0. The van der Waals surface area contributed by atoms with E-state index in [2.05, 4.69) is 5.18 Å². The molecular formula is C15H19NO2. The topological polar surface area (TPSA) is 46.5 Å². The lowest BCUT2D eigenvalue weighted by Gasteiger charge is -2.12. The van der Waals surface area contributed by atoms with E-state index in [1.807, 2.05) is 39.8 Å². The lowest BCUT2D eigenvalue weighted by molar-refractivity contribution is -0.114. The van der Waals surface area contributed by atoms with Gasteiger partial charge in [0.05, 0.1) is 0 Å². The van der Waals surface area contributed by atoms with Crippen LogP contribution in [0.15, 0.2) is 35.0 Å². The number of carbonyl (C=O) groups excluding carboxylic acids is 1. The summed E-state index contributed by atoms with van der Waals surface area (Å²) >= 11 is 0. The smallest absolute Gasteiger partial charge is 0.156 e. The van der Waals surface area contributed by atoms with E-state index >= 15 is 0 Å². The van der Waals surface area contributed by atoms with E-state index in [0.29, 0.717) is 12.1 Å². The molecule has 0 saturated carbocycles. The molecule has 0 heterocycles. The van der Waals surface area contributed by atoms with Crippen molar-refractivity contribution in [2.45, 2.75) is 40.0 Å². The van der Waals surface area contributed by atoms with Crippen LogP contribution in [0, 0.1) is 11.8 Å². The maximum atomic E-state index is 11.7. The van der Waals surface area contributed by atoms with Crippen molar-refractivity contribution in [1.82, 2.24) is 0 Å². The number of rotatable bonds is 5. The number of allylic oxidation sites excluding steroid dienone is 2. The first-order valence-corrected chi connectivity index (χ1v) is 6.05. The predicted octanol–water partition coefficient (Wildman–Crippen LogP) is 4.42. The van der Waals surface area contributed by atoms with Crippen LogP contribution in [0.25, 0.3) is 0 Å². The predicted molar refractivity (Wildman–Crippen MR) is 74.1 cm³/mol. The molecule has 1 unspecified atom stereocenters. The van der Waals surface area contributed by atoms with Crippen molar-refractivity contribution in [2.24, 2.45) is 5.18 Å². The van der Waals surface area contributed by atoms with Crippen LogP contribution in [-0.4, -0.2) is 5.78 Å². The van der Waals surface area contributed by atoms with Gasteiger partial charge in [0.25, 0.3) is 0 Å². The van der Waals surface area contributed by atoms with Crippen LogP contribution >= 0.6 is 0 Å². The Balaban J connectivity index is 2.90. The molecule has 0 fully saturated rings. The van der Waals surface area contributed by atoms with E-state index in [1.165, 1.54) is 0 Å². The van der Waals surface area contributed by atoms with Crippen molar-refractivity contribution in [3.63, 3.8) is 0 Å². The molecule has 0 aliphatic heterocycles. The molecule has 0 bridgehead atoms. The normalized spacial score (nSPS) is 11.8. The van der Waals surface area contributed by atoms with Crippen LogP contribution < -0.4 is 0 Å². The van der Waals surface area contributed by atoms with Crippen molar-refractivity contribution >= 4 is 11.5 Å². The van der Waals surface area contributed by atoms with Crippen molar-refractivity contribution in [3.8, 4) is 0 Å². The number of aryl methyl sites for hydroxylation is 1. The number of nitroso groups, excluding NO2 is 1. The van der Waals surface area contributed by atoms with E-state index in [9.17, 15) is 9.70 Å². The summed E-state index contributed by atoms with van der Waals surface area (Å²) in [5, 5.41) is 3.04. The highest BCUT2D eigenvalue weighted by Gasteiger charge is 2.14. The minimum atomic E-state index is 0.00130. The zero-order chi connectivity index (χ0) is 13.7. The third kappa shape index (κ3) is 3.91. The molecule has 0 amide bonds. The Labute approximate surface area is 108 Å². The Bertz CT molecular complexity index is 485. The fourth-order valence-corrected chi connectivity index (χ4v) is 1.94. The second-order valence-corrected chi connectivity index (χ2v) is 4.95. The molecule has 1 rings (SSSR count). The van der Waals surface area contributed by atoms with Crippen LogP contribution in [0.5, 0.6) is 0 Å². The van der Waals surface area contributed by atoms with Gasteiger partial charge in [0.2, 0.25) is 0 Å². The van der Waals surface area contributed by atoms with Gasteiger partial charge in [0.1, 0.15) is 5.69 Å². The molecule has 0 aliphatic carbocycles. The quantitative estimate of drug-likeness (QED) is 0.569. The fourth-order valence-electron chi connectivity index (χ4n) is 1.94. The van der Waals surface area contributed by atoms with Crippen molar-refractivity contribution < 1.29 is 4.79 Å². The third-order valence-corrected chi connectivity index (χ3v) is 2.77. The maximum absolute atomic E-state index is 11.7. The molecule has 0 saturated heterocycles. The lowest BCUT2D eigenvalue weighted by Crippen LogP contribution is -2.02. The van der Waals surface area contributed by atoms with Gasteiger partial charge in [0.15, 0.2) is 5.78 Å². The summed E-state index contributed by atoms with van der Waals surface area (Å²) in [7, 11) is 0. The second-order valence-electron chi connectivity index (χ2n) is 4.95. The summed E-state index contributed by atoms with van der Waals surface area (Å²) in [5.41, 5.74) is 3.26. The number of benzene rings is 1. The Morgan fingerprint density at radius 1 is 1.39 bits per heavy atom. The average molecular weight is 245 g/mol. The van der Waals surface area contributed by atoms with Gasteiger partial charge >= 0.3 is 0 Å². The number of hydrogen-bond acceptors (Lipinski definition) is 3. The molecular weight excluding hydrogens is 226 g/mol. The zero-order valence-electron chi connectivity index (χ0n) is 11.4. The molecule has 3 heteroatoms. The Morgan fingerprint density at radius 2 is 2.06 bits per heavy atom. The summed E-state index contributed by atoms with van der Waals surface area (Å²) in [6.45, 7) is 7.65. The number of nitrogens with zero attached hydrogens (tertiary/aromatic N) is 1. The van der Waals surface area contributed by atoms with Crippen molar-refractivity contribution in [3.05, 3.63) is 45.9 Å². The van der Waals surface area contributed by atoms with Crippen molar-refractivity contribution in [1.29, 1.82) is 0 Å². The Kier molecular flexibility index (Phi) is 4.95. The molecule has 0 aromatic heterocycles. The molecule has 18 heavy (non-hydrogen) atoms. The van der Waals surface area contributed by atoms with Gasteiger partial charge in [-0.25, -0.2) is 0 Å². The summed E-state index contributed by atoms with van der Waals surface area (Å²) in [6, 6.07) is 5.57. The first kappa shape index (κ1) is 14.3. The monoisotopic (exact) mass is 245 g/mol. The van der Waals surface area contributed by atoms with E-state index in [4.69, 9.17) is 0 Å². The molecule has 96 valence electrons. The zero-order valence-corrected chi connectivity index (χ0v) is 11.4. The molecule has 1 aromatic carbocycles. The summed E-state index contributed by atoms with van der Waals surface area (Å²) in [5.74, 6) is 0.0846. The molecule has 3 nitrogen and oxygen atoms in total. The van der Waals surface area contributed by atoms with Crippen LogP contribution in [-0.2, 0) is 4.79 Å². The lowest BCUT2D eigenvalue weighted by atomic mass is 9.93. The second kappa shape index (κ2) is 6.24. The Hall–Kier alpha value is -1.77. The minimum absolute atomic E-state index is 0.00130. The molecule has 0 radical (unpaired) electrons. The number of ketones is 1. The van der Waals surface area contributed by atoms with E-state index in [-0.39, 0.29) is 11.7 Å². The Morgan fingerprint density at radius 3 is 2.61 bits per heavy atom. The van der Waals surface area contributed by atoms with Crippen LogP contribution in [0.2, 0.25) is 0 Å².